The molecule has 0 fully saturated rings. The smallest absolute Gasteiger partial charge is 0.323 e. The van der Waals surface area contributed by atoms with Crippen LogP contribution in [0.1, 0.15) is 117 Å². The molecule has 0 spiro atoms. The SMILES string of the molecule is CC(C)(C)OC(=O)CN(CCN(CCN(CC(=O)OC(C)(C)C)CC(=O)OC(C)(C)C)[C@@H](CCC(=O)O)C(=O)OC(C)(C)C)CC(=O)OC(C)(C)C. The maximum atomic E-state index is 13.7. The molecule has 0 unspecified atom stereocenters. The van der Waals surface area contributed by atoms with E-state index in [4.69, 9.17) is 23.7 Å². The van der Waals surface area contributed by atoms with Crippen LogP contribution in [0.5, 0.6) is 0 Å². The van der Waals surface area contributed by atoms with Crippen molar-refractivity contribution in [3.63, 3.8) is 0 Å². The van der Waals surface area contributed by atoms with Crippen LogP contribution >= 0.6 is 0 Å². The van der Waals surface area contributed by atoms with Gasteiger partial charge in [-0.05, 0) is 110 Å². The van der Waals surface area contributed by atoms with E-state index in [1.165, 1.54) is 9.80 Å². The lowest BCUT2D eigenvalue weighted by Crippen LogP contribution is -2.51. The lowest BCUT2D eigenvalue weighted by atomic mass is 10.1. The number of esters is 5. The predicted molar refractivity (Wildman–Crippen MR) is 194 cm³/mol. The molecule has 15 heteroatoms. The molecule has 0 saturated carbocycles. The van der Waals surface area contributed by atoms with Gasteiger partial charge in [0.05, 0.1) is 26.2 Å². The minimum atomic E-state index is -1.12. The van der Waals surface area contributed by atoms with Crippen molar-refractivity contribution in [2.45, 2.75) is 151 Å². The summed E-state index contributed by atoms with van der Waals surface area (Å²) in [6, 6.07) is -1.08. The normalized spacial score (nSPS) is 13.5. The fraction of sp³-hybridized carbons (Fsp3) is 0.838. The summed E-state index contributed by atoms with van der Waals surface area (Å²) >= 11 is 0. The minimum absolute atomic E-state index is 0.0435. The second-order valence-electron chi connectivity index (χ2n) is 17.8. The molecule has 0 radical (unpaired) electrons. The number of hydrogen-bond donors (Lipinski definition) is 1. The highest BCUT2D eigenvalue weighted by Gasteiger charge is 2.33. The molecule has 302 valence electrons. The zero-order valence-corrected chi connectivity index (χ0v) is 34.4. The third kappa shape index (κ3) is 26.5. The van der Waals surface area contributed by atoms with Gasteiger partial charge in [0, 0.05) is 32.6 Å². The van der Waals surface area contributed by atoms with Crippen LogP contribution in [0.25, 0.3) is 0 Å². The third-order valence-corrected chi connectivity index (χ3v) is 6.25. The Morgan fingerprint density at radius 3 is 0.962 bits per heavy atom. The van der Waals surface area contributed by atoms with Crippen molar-refractivity contribution >= 4 is 35.8 Å². The monoisotopic (exact) mass is 745 g/mol. The number of carboxylic acids is 1. The van der Waals surface area contributed by atoms with E-state index in [9.17, 15) is 33.9 Å². The number of hydrogen-bond acceptors (Lipinski definition) is 14. The molecule has 15 nitrogen and oxygen atoms in total. The number of carbonyl (C=O) groups excluding carboxylic acids is 5. The Kier molecular flexibility index (Phi) is 19.0. The average Bonchev–Trinajstić information content (AvgIpc) is 2.83. The van der Waals surface area contributed by atoms with Crippen LogP contribution in [0.3, 0.4) is 0 Å². The second kappa shape index (κ2) is 20.2. The summed E-state index contributed by atoms with van der Waals surface area (Å²) in [6.07, 6.45) is -0.486. The topological polar surface area (TPSA) is 179 Å². The van der Waals surface area contributed by atoms with Gasteiger partial charge in [-0.15, -0.1) is 0 Å². The first kappa shape index (κ1) is 48.7. The highest BCUT2D eigenvalue weighted by molar-refractivity contribution is 5.78. The number of nitrogens with zero attached hydrogens (tertiary/aromatic N) is 3. The molecule has 0 aromatic heterocycles. The van der Waals surface area contributed by atoms with Crippen molar-refractivity contribution in [1.29, 1.82) is 0 Å². The highest BCUT2D eigenvalue weighted by atomic mass is 16.6. The van der Waals surface area contributed by atoms with Crippen LogP contribution in [-0.4, -0.2) is 142 Å². The molecule has 0 aliphatic heterocycles. The zero-order chi connectivity index (χ0) is 40.9. The molecular formula is C37H67N3O12. The van der Waals surface area contributed by atoms with E-state index in [-0.39, 0.29) is 65.2 Å². The first-order chi connectivity index (χ1) is 23.2. The van der Waals surface area contributed by atoms with E-state index < -0.39 is 69.9 Å². The van der Waals surface area contributed by atoms with Gasteiger partial charge in [-0.3, -0.25) is 43.5 Å². The Labute approximate surface area is 310 Å². The molecule has 0 aliphatic carbocycles. The second-order valence-corrected chi connectivity index (χ2v) is 17.8. The summed E-state index contributed by atoms with van der Waals surface area (Å²) in [5.41, 5.74) is -4.05. The van der Waals surface area contributed by atoms with Crippen molar-refractivity contribution in [2.75, 3.05) is 52.4 Å². The Morgan fingerprint density at radius 2 is 0.731 bits per heavy atom. The third-order valence-electron chi connectivity index (χ3n) is 6.25. The van der Waals surface area contributed by atoms with Crippen molar-refractivity contribution in [2.24, 2.45) is 0 Å². The molecule has 0 aromatic carbocycles. The summed E-state index contributed by atoms with van der Waals surface area (Å²) in [5.74, 6) is -4.14. The van der Waals surface area contributed by atoms with Crippen molar-refractivity contribution in [1.82, 2.24) is 14.7 Å². The van der Waals surface area contributed by atoms with E-state index >= 15 is 0 Å². The molecule has 1 N–H and O–H groups in total. The van der Waals surface area contributed by atoms with E-state index in [2.05, 4.69) is 0 Å². The number of carbonyl (C=O) groups is 6. The number of ether oxygens (including phenoxy) is 5. The maximum absolute atomic E-state index is 13.7. The minimum Gasteiger partial charge on any atom is -0.481 e. The van der Waals surface area contributed by atoms with Gasteiger partial charge >= 0.3 is 35.8 Å². The van der Waals surface area contributed by atoms with E-state index in [1.54, 1.807) is 109 Å². The first-order valence-electron chi connectivity index (χ1n) is 17.7. The molecule has 0 aromatic rings. The van der Waals surface area contributed by atoms with E-state index in [0.717, 1.165) is 0 Å². The van der Waals surface area contributed by atoms with Crippen LogP contribution in [0.15, 0.2) is 0 Å². The Balaban J connectivity index is 6.74. The quantitative estimate of drug-likeness (QED) is 0.149. The Bertz CT molecular complexity index is 1070. The number of carboxylic acid groups (broad SMARTS) is 1. The van der Waals surface area contributed by atoms with Crippen molar-refractivity contribution in [3.8, 4) is 0 Å². The molecule has 0 heterocycles. The largest absolute Gasteiger partial charge is 0.481 e. The van der Waals surface area contributed by atoms with Gasteiger partial charge < -0.3 is 28.8 Å². The van der Waals surface area contributed by atoms with Crippen LogP contribution in [0, 0.1) is 0 Å². The molecule has 52 heavy (non-hydrogen) atoms. The van der Waals surface area contributed by atoms with Gasteiger partial charge in [0.1, 0.15) is 34.0 Å². The van der Waals surface area contributed by atoms with Gasteiger partial charge in [-0.2, -0.15) is 0 Å². The lowest BCUT2D eigenvalue weighted by Gasteiger charge is -2.35. The first-order valence-corrected chi connectivity index (χ1v) is 17.7. The van der Waals surface area contributed by atoms with Gasteiger partial charge in [0.15, 0.2) is 0 Å². The van der Waals surface area contributed by atoms with Gasteiger partial charge in [0.2, 0.25) is 0 Å². The Hall–Kier alpha value is -3.30. The fourth-order valence-corrected chi connectivity index (χ4v) is 4.70. The summed E-state index contributed by atoms with van der Waals surface area (Å²) < 4.78 is 27.7. The molecule has 0 aliphatic rings. The van der Waals surface area contributed by atoms with Crippen LogP contribution < -0.4 is 0 Å². The van der Waals surface area contributed by atoms with E-state index in [1.807, 2.05) is 0 Å². The molecule has 0 saturated heterocycles. The predicted octanol–water partition coefficient (Wildman–Crippen LogP) is 3.83. The summed E-state index contributed by atoms with van der Waals surface area (Å²) in [5, 5.41) is 9.57. The van der Waals surface area contributed by atoms with E-state index in [0.29, 0.717) is 0 Å². The summed E-state index contributed by atoms with van der Waals surface area (Å²) in [4.78, 5) is 81.7. The molecule has 0 rings (SSSR count). The molecular weight excluding hydrogens is 678 g/mol. The van der Waals surface area contributed by atoms with Gasteiger partial charge in [0.25, 0.3) is 0 Å². The van der Waals surface area contributed by atoms with Crippen LogP contribution in [0.4, 0.5) is 0 Å². The maximum Gasteiger partial charge on any atom is 0.323 e. The standard InChI is InChI=1S/C37H67N3O12/c1-33(2,3)48-28(43)22-38(23-29(44)49-34(4,5)6)18-20-40(26(16-17-27(41)42)32(47)52-37(13,14)15)21-19-39(24-30(45)50-35(7,8)9)25-31(46)51-36(10,11)12/h26H,16-25H2,1-15H3,(H,41,42)/t26-/m0/s1. The zero-order valence-electron chi connectivity index (χ0n) is 34.4. The van der Waals surface area contributed by atoms with Crippen LogP contribution in [0.2, 0.25) is 0 Å². The Morgan fingerprint density at radius 1 is 0.462 bits per heavy atom. The number of rotatable bonds is 19. The summed E-state index contributed by atoms with van der Waals surface area (Å²) in [7, 11) is 0. The molecule has 0 bridgehead atoms. The van der Waals surface area contributed by atoms with Crippen molar-refractivity contribution < 1.29 is 57.6 Å². The van der Waals surface area contributed by atoms with Gasteiger partial charge in [-0.25, -0.2) is 0 Å². The summed E-state index contributed by atoms with van der Waals surface area (Å²) in [6.45, 7) is 24.8. The van der Waals surface area contributed by atoms with Crippen molar-refractivity contribution in [3.05, 3.63) is 0 Å². The average molecular weight is 746 g/mol. The molecule has 0 amide bonds. The molecule has 1 atom stereocenters. The number of aliphatic carboxylic acids is 1. The highest BCUT2D eigenvalue weighted by Crippen LogP contribution is 2.18. The van der Waals surface area contributed by atoms with Crippen LogP contribution in [-0.2, 0) is 52.5 Å². The lowest BCUT2D eigenvalue weighted by molar-refractivity contribution is -0.165. The van der Waals surface area contributed by atoms with Gasteiger partial charge in [-0.1, -0.05) is 0 Å². The fourth-order valence-electron chi connectivity index (χ4n) is 4.70.